The second kappa shape index (κ2) is 7.02. The lowest BCUT2D eigenvalue weighted by molar-refractivity contribution is -0.139. The van der Waals surface area contributed by atoms with Crippen LogP contribution in [0, 0.1) is 6.92 Å². The minimum Gasteiger partial charge on any atom is -0.392 e. The van der Waals surface area contributed by atoms with Crippen LogP contribution in [0.2, 0.25) is 0 Å². The fourth-order valence-corrected chi connectivity index (χ4v) is 1.98. The second-order valence-electron chi connectivity index (χ2n) is 3.54. The first kappa shape index (κ1) is 14.5. The van der Waals surface area contributed by atoms with Crippen molar-refractivity contribution in [2.24, 2.45) is 5.73 Å². The van der Waals surface area contributed by atoms with E-state index in [0.717, 1.165) is 10.7 Å². The highest BCUT2D eigenvalue weighted by atomic mass is 32.1. The molecule has 0 saturated carbocycles. The minimum absolute atomic E-state index is 0.0211. The number of thiazole rings is 1. The molecule has 1 aromatic rings. The predicted molar refractivity (Wildman–Crippen MR) is 73.4 cm³/mol. The van der Waals surface area contributed by atoms with Crippen LogP contribution >= 0.6 is 23.6 Å². The summed E-state index contributed by atoms with van der Waals surface area (Å²) in [7, 11) is 0. The largest absolute Gasteiger partial charge is 0.392 e. The topological polar surface area (TPSA) is 97.1 Å². The molecule has 0 aromatic carbocycles. The number of nitrogens with two attached hydrogens (primary N) is 1. The van der Waals surface area contributed by atoms with Crippen molar-refractivity contribution in [1.29, 1.82) is 0 Å². The van der Waals surface area contributed by atoms with Crippen molar-refractivity contribution in [3.05, 3.63) is 16.1 Å². The van der Waals surface area contributed by atoms with E-state index in [1.807, 2.05) is 12.3 Å². The van der Waals surface area contributed by atoms with E-state index in [1.54, 1.807) is 0 Å². The average molecular weight is 286 g/mol. The summed E-state index contributed by atoms with van der Waals surface area (Å²) >= 11 is 6.11. The van der Waals surface area contributed by atoms with Crippen LogP contribution in [0.1, 0.15) is 10.7 Å². The second-order valence-corrected chi connectivity index (χ2v) is 5.00. The molecule has 6 nitrogen and oxygen atoms in total. The smallest absolute Gasteiger partial charge is 0.309 e. The number of amides is 2. The highest BCUT2D eigenvalue weighted by molar-refractivity contribution is 7.80. The zero-order valence-electron chi connectivity index (χ0n) is 9.86. The Morgan fingerprint density at radius 2 is 2.11 bits per heavy atom. The summed E-state index contributed by atoms with van der Waals surface area (Å²) in [6.45, 7) is 2.29. The average Bonchev–Trinajstić information content (AvgIpc) is 2.71. The van der Waals surface area contributed by atoms with Gasteiger partial charge < -0.3 is 16.4 Å². The Labute approximate surface area is 114 Å². The van der Waals surface area contributed by atoms with Gasteiger partial charge in [0.15, 0.2) is 0 Å². The molecule has 0 aliphatic heterocycles. The fourth-order valence-electron chi connectivity index (χ4n) is 1.13. The Hall–Kier alpha value is -1.54. The van der Waals surface area contributed by atoms with Crippen LogP contribution < -0.4 is 16.4 Å². The van der Waals surface area contributed by atoms with E-state index in [2.05, 4.69) is 27.8 Å². The van der Waals surface area contributed by atoms with Crippen LogP contribution in [-0.4, -0.2) is 34.9 Å². The fraction of sp³-hybridized carbons (Fsp3) is 0.400. The van der Waals surface area contributed by atoms with Crippen LogP contribution in [0.5, 0.6) is 0 Å². The molecule has 1 rings (SSSR count). The molecular formula is C10H14N4O2S2. The minimum atomic E-state index is -0.738. The molecule has 0 aliphatic rings. The lowest BCUT2D eigenvalue weighted by atomic mass is 10.4. The van der Waals surface area contributed by atoms with Crippen molar-refractivity contribution in [2.75, 3.05) is 13.1 Å². The molecule has 0 radical (unpaired) electrons. The molecule has 18 heavy (non-hydrogen) atoms. The number of rotatable bonds is 5. The number of aryl methyl sites for hydroxylation is 1. The zero-order valence-corrected chi connectivity index (χ0v) is 11.5. The highest BCUT2D eigenvalue weighted by Crippen LogP contribution is 2.08. The summed E-state index contributed by atoms with van der Waals surface area (Å²) < 4.78 is 0. The summed E-state index contributed by atoms with van der Waals surface area (Å²) in [6.07, 6.45) is 0.604. The molecule has 1 aromatic heterocycles. The third-order valence-corrected chi connectivity index (χ3v) is 3.09. The van der Waals surface area contributed by atoms with E-state index in [-0.39, 0.29) is 11.5 Å². The number of thiocarbonyl (C=S) groups is 1. The molecule has 8 heteroatoms. The van der Waals surface area contributed by atoms with E-state index in [1.165, 1.54) is 11.3 Å². The van der Waals surface area contributed by atoms with Crippen LogP contribution in [0.15, 0.2) is 5.38 Å². The first-order chi connectivity index (χ1) is 8.49. The molecule has 0 bridgehead atoms. The highest BCUT2D eigenvalue weighted by Gasteiger charge is 2.12. The van der Waals surface area contributed by atoms with Gasteiger partial charge in [-0.2, -0.15) is 0 Å². The maximum Gasteiger partial charge on any atom is 0.309 e. The first-order valence-electron chi connectivity index (χ1n) is 5.24. The van der Waals surface area contributed by atoms with Gasteiger partial charge in [0.05, 0.1) is 16.5 Å². The lowest BCUT2D eigenvalue weighted by Crippen LogP contribution is -2.43. The summed E-state index contributed by atoms with van der Waals surface area (Å²) in [5.41, 5.74) is 6.15. The van der Waals surface area contributed by atoms with E-state index in [9.17, 15) is 9.59 Å². The summed E-state index contributed by atoms with van der Waals surface area (Å²) in [4.78, 5) is 26.9. The van der Waals surface area contributed by atoms with Crippen molar-refractivity contribution >= 4 is 40.4 Å². The van der Waals surface area contributed by atoms with Crippen LogP contribution in [-0.2, 0) is 16.0 Å². The Kier molecular flexibility index (Phi) is 5.66. The maximum atomic E-state index is 11.3. The van der Waals surface area contributed by atoms with Gasteiger partial charge in [0.25, 0.3) is 0 Å². The molecule has 0 spiro atoms. The molecule has 1 heterocycles. The Balaban J connectivity index is 2.24. The summed E-state index contributed by atoms with van der Waals surface area (Å²) in [5.74, 6) is -1.43. The van der Waals surface area contributed by atoms with Crippen LogP contribution in [0.25, 0.3) is 0 Å². The molecule has 98 valence electrons. The van der Waals surface area contributed by atoms with E-state index < -0.39 is 11.8 Å². The third-order valence-electron chi connectivity index (χ3n) is 1.92. The number of carbonyl (C=O) groups excluding carboxylic acids is 2. The van der Waals surface area contributed by atoms with Crippen molar-refractivity contribution in [3.63, 3.8) is 0 Å². The Morgan fingerprint density at radius 3 is 2.67 bits per heavy atom. The normalized spacial score (nSPS) is 9.83. The molecule has 0 fully saturated rings. The molecule has 0 unspecified atom stereocenters. The van der Waals surface area contributed by atoms with Crippen molar-refractivity contribution in [2.45, 2.75) is 13.3 Å². The Bertz CT molecular complexity index is 458. The van der Waals surface area contributed by atoms with E-state index in [4.69, 9.17) is 5.73 Å². The number of nitrogens with one attached hydrogen (secondary N) is 2. The lowest BCUT2D eigenvalue weighted by Gasteiger charge is -2.04. The van der Waals surface area contributed by atoms with E-state index >= 15 is 0 Å². The predicted octanol–water partition coefficient (Wildman–Crippen LogP) is -0.487. The van der Waals surface area contributed by atoms with Gasteiger partial charge in [0.1, 0.15) is 0 Å². The van der Waals surface area contributed by atoms with Crippen LogP contribution in [0.3, 0.4) is 0 Å². The standard InChI is InChI=1S/C10H14N4O2S2/c1-6-5-18-8(14-6)2-3-12-9(15)10(16)13-4-7(11)17/h5H,2-4H2,1H3,(H2,11,17)(H,12,15)(H,13,16). The molecule has 4 N–H and O–H groups in total. The van der Waals surface area contributed by atoms with Gasteiger partial charge in [0, 0.05) is 24.0 Å². The molecular weight excluding hydrogens is 272 g/mol. The Morgan fingerprint density at radius 1 is 1.44 bits per heavy atom. The van der Waals surface area contributed by atoms with Gasteiger partial charge in [-0.15, -0.1) is 11.3 Å². The molecule has 2 amide bonds. The number of carbonyl (C=O) groups is 2. The van der Waals surface area contributed by atoms with Gasteiger partial charge in [-0.3, -0.25) is 9.59 Å². The van der Waals surface area contributed by atoms with Crippen molar-refractivity contribution in [1.82, 2.24) is 15.6 Å². The third kappa shape index (κ3) is 5.19. The van der Waals surface area contributed by atoms with Gasteiger partial charge in [-0.1, -0.05) is 12.2 Å². The number of hydrogen-bond acceptors (Lipinski definition) is 5. The number of hydrogen-bond donors (Lipinski definition) is 3. The quantitative estimate of drug-likeness (QED) is 0.501. The first-order valence-corrected chi connectivity index (χ1v) is 6.53. The van der Waals surface area contributed by atoms with Crippen LogP contribution in [0.4, 0.5) is 0 Å². The monoisotopic (exact) mass is 286 g/mol. The van der Waals surface area contributed by atoms with Crippen molar-refractivity contribution in [3.8, 4) is 0 Å². The molecule has 0 atom stereocenters. The summed E-state index contributed by atoms with van der Waals surface area (Å²) in [5, 5.41) is 7.66. The van der Waals surface area contributed by atoms with Gasteiger partial charge in [0.2, 0.25) is 0 Å². The zero-order chi connectivity index (χ0) is 13.5. The van der Waals surface area contributed by atoms with E-state index in [0.29, 0.717) is 13.0 Å². The van der Waals surface area contributed by atoms with Gasteiger partial charge in [-0.05, 0) is 6.92 Å². The SMILES string of the molecule is Cc1csc(CCNC(=O)C(=O)NCC(N)=S)n1. The number of aromatic nitrogens is 1. The molecule has 0 saturated heterocycles. The molecule has 0 aliphatic carbocycles. The maximum absolute atomic E-state index is 11.3. The van der Waals surface area contributed by atoms with Gasteiger partial charge >= 0.3 is 11.8 Å². The van der Waals surface area contributed by atoms with Gasteiger partial charge in [-0.25, -0.2) is 4.98 Å². The number of nitrogens with zero attached hydrogens (tertiary/aromatic N) is 1. The summed E-state index contributed by atoms with van der Waals surface area (Å²) in [6, 6.07) is 0. The van der Waals surface area contributed by atoms with Crippen molar-refractivity contribution < 1.29 is 9.59 Å².